The Bertz CT molecular complexity index is 393. The minimum Gasteiger partial charge on any atom is -0.374 e. The lowest BCUT2D eigenvalue weighted by Crippen LogP contribution is -2.35. The molecule has 0 saturated carbocycles. The van der Waals surface area contributed by atoms with E-state index in [1.807, 2.05) is 0 Å². The Kier molecular flexibility index (Phi) is 5.44. The highest BCUT2D eigenvalue weighted by atomic mass is 15.1. The lowest BCUT2D eigenvalue weighted by molar-refractivity contribution is 0.222. The Morgan fingerprint density at radius 1 is 1.25 bits per heavy atom. The zero-order chi connectivity index (χ0) is 14.5. The molecule has 1 aliphatic heterocycles. The standard InChI is InChI=1S/C17H29N3/c1-4-17(18)15-5-7-16(8-6-15)20(3)13-14-9-11-19(2)12-10-14/h5-8,14,17H,4,9-13,18H2,1-3H3/t17-/m1/s1. The molecule has 0 unspecified atom stereocenters. The van der Waals surface area contributed by atoms with E-state index in [0.717, 1.165) is 18.9 Å². The van der Waals surface area contributed by atoms with Crippen LogP contribution in [0.3, 0.4) is 0 Å². The molecule has 3 nitrogen and oxygen atoms in total. The summed E-state index contributed by atoms with van der Waals surface area (Å²) < 4.78 is 0. The second-order valence-corrected chi connectivity index (χ2v) is 6.23. The molecule has 0 spiro atoms. The van der Waals surface area contributed by atoms with Gasteiger partial charge in [-0.25, -0.2) is 0 Å². The topological polar surface area (TPSA) is 32.5 Å². The summed E-state index contributed by atoms with van der Waals surface area (Å²) in [5.74, 6) is 0.828. The summed E-state index contributed by atoms with van der Waals surface area (Å²) >= 11 is 0. The van der Waals surface area contributed by atoms with Gasteiger partial charge < -0.3 is 15.5 Å². The van der Waals surface area contributed by atoms with Crippen LogP contribution < -0.4 is 10.6 Å². The van der Waals surface area contributed by atoms with Gasteiger partial charge in [0.2, 0.25) is 0 Å². The number of hydrogen-bond acceptors (Lipinski definition) is 3. The Hall–Kier alpha value is -1.06. The quantitative estimate of drug-likeness (QED) is 0.897. The summed E-state index contributed by atoms with van der Waals surface area (Å²) in [6.07, 6.45) is 3.63. The average Bonchev–Trinajstić information content (AvgIpc) is 2.49. The average molecular weight is 275 g/mol. The van der Waals surface area contributed by atoms with E-state index in [9.17, 15) is 0 Å². The molecule has 1 atom stereocenters. The second-order valence-electron chi connectivity index (χ2n) is 6.23. The molecule has 20 heavy (non-hydrogen) atoms. The van der Waals surface area contributed by atoms with Crippen LogP contribution in [0.5, 0.6) is 0 Å². The van der Waals surface area contributed by atoms with Crippen LogP contribution in [0.4, 0.5) is 5.69 Å². The number of piperidine rings is 1. The molecule has 2 rings (SSSR count). The maximum atomic E-state index is 6.06. The minimum absolute atomic E-state index is 0.170. The predicted molar refractivity (Wildman–Crippen MR) is 87.2 cm³/mol. The predicted octanol–water partition coefficient (Wildman–Crippen LogP) is 2.87. The van der Waals surface area contributed by atoms with Crippen molar-refractivity contribution in [1.82, 2.24) is 4.90 Å². The first-order chi connectivity index (χ1) is 9.60. The van der Waals surface area contributed by atoms with Crippen LogP contribution in [0.1, 0.15) is 37.8 Å². The minimum atomic E-state index is 0.170. The van der Waals surface area contributed by atoms with Crippen LogP contribution in [-0.2, 0) is 0 Å². The molecule has 1 aliphatic rings. The number of nitrogens with two attached hydrogens (primary N) is 1. The van der Waals surface area contributed by atoms with E-state index in [4.69, 9.17) is 5.73 Å². The highest BCUT2D eigenvalue weighted by Crippen LogP contribution is 2.22. The highest BCUT2D eigenvalue weighted by Gasteiger charge is 2.18. The Balaban J connectivity index is 1.90. The van der Waals surface area contributed by atoms with Crippen LogP contribution in [0.15, 0.2) is 24.3 Å². The molecule has 0 amide bonds. The van der Waals surface area contributed by atoms with Gasteiger partial charge in [-0.3, -0.25) is 0 Å². The molecule has 1 aromatic carbocycles. The van der Waals surface area contributed by atoms with Gasteiger partial charge in [0.25, 0.3) is 0 Å². The van der Waals surface area contributed by atoms with Gasteiger partial charge >= 0.3 is 0 Å². The molecule has 1 heterocycles. The van der Waals surface area contributed by atoms with Crippen molar-refractivity contribution in [2.24, 2.45) is 11.7 Å². The SMILES string of the molecule is CC[C@@H](N)c1ccc(N(C)CC2CCN(C)CC2)cc1. The summed E-state index contributed by atoms with van der Waals surface area (Å²) in [5, 5.41) is 0. The summed E-state index contributed by atoms with van der Waals surface area (Å²) in [5.41, 5.74) is 8.61. The van der Waals surface area contributed by atoms with Crippen LogP contribution in [0.2, 0.25) is 0 Å². The van der Waals surface area contributed by atoms with Gasteiger partial charge in [0, 0.05) is 25.3 Å². The monoisotopic (exact) mass is 275 g/mol. The fourth-order valence-corrected chi connectivity index (χ4v) is 2.95. The maximum absolute atomic E-state index is 6.06. The number of likely N-dealkylation sites (tertiary alicyclic amines) is 1. The van der Waals surface area contributed by atoms with Crippen molar-refractivity contribution in [2.45, 2.75) is 32.2 Å². The van der Waals surface area contributed by atoms with Crippen LogP contribution in [0.25, 0.3) is 0 Å². The van der Waals surface area contributed by atoms with E-state index in [1.165, 1.54) is 37.2 Å². The van der Waals surface area contributed by atoms with Crippen molar-refractivity contribution in [3.8, 4) is 0 Å². The van der Waals surface area contributed by atoms with Gasteiger partial charge in [-0.2, -0.15) is 0 Å². The van der Waals surface area contributed by atoms with Crippen molar-refractivity contribution in [3.05, 3.63) is 29.8 Å². The molecule has 0 aromatic heterocycles. The molecule has 112 valence electrons. The molecular weight excluding hydrogens is 246 g/mol. The van der Waals surface area contributed by atoms with E-state index >= 15 is 0 Å². The third kappa shape index (κ3) is 3.97. The van der Waals surface area contributed by atoms with Gasteiger partial charge in [0.1, 0.15) is 0 Å². The number of nitrogens with zero attached hydrogens (tertiary/aromatic N) is 2. The van der Waals surface area contributed by atoms with Crippen molar-refractivity contribution < 1.29 is 0 Å². The normalized spacial score (nSPS) is 19.0. The van der Waals surface area contributed by atoms with E-state index in [-0.39, 0.29) is 6.04 Å². The number of rotatable bonds is 5. The van der Waals surface area contributed by atoms with E-state index < -0.39 is 0 Å². The third-order valence-corrected chi connectivity index (χ3v) is 4.57. The molecule has 0 radical (unpaired) electrons. The zero-order valence-electron chi connectivity index (χ0n) is 13.2. The van der Waals surface area contributed by atoms with Crippen LogP contribution in [-0.4, -0.2) is 38.6 Å². The molecular formula is C17H29N3. The molecule has 3 heteroatoms. The van der Waals surface area contributed by atoms with Gasteiger partial charge in [-0.1, -0.05) is 19.1 Å². The van der Waals surface area contributed by atoms with Crippen molar-refractivity contribution in [3.63, 3.8) is 0 Å². The first-order valence-corrected chi connectivity index (χ1v) is 7.85. The van der Waals surface area contributed by atoms with E-state index in [0.29, 0.717) is 0 Å². The number of anilines is 1. The molecule has 1 aromatic rings. The van der Waals surface area contributed by atoms with Gasteiger partial charge in [-0.15, -0.1) is 0 Å². The van der Waals surface area contributed by atoms with Crippen molar-refractivity contribution >= 4 is 5.69 Å². The smallest absolute Gasteiger partial charge is 0.0363 e. The molecule has 0 bridgehead atoms. The van der Waals surface area contributed by atoms with Crippen molar-refractivity contribution in [2.75, 3.05) is 38.6 Å². The first-order valence-electron chi connectivity index (χ1n) is 7.85. The molecule has 2 N–H and O–H groups in total. The van der Waals surface area contributed by atoms with E-state index in [2.05, 4.69) is 55.1 Å². The summed E-state index contributed by atoms with van der Waals surface area (Å²) in [6.45, 7) is 5.77. The largest absolute Gasteiger partial charge is 0.374 e. The maximum Gasteiger partial charge on any atom is 0.0363 e. The number of hydrogen-bond donors (Lipinski definition) is 1. The molecule has 1 fully saturated rings. The van der Waals surface area contributed by atoms with Gasteiger partial charge in [-0.05, 0) is 63.0 Å². The summed E-state index contributed by atoms with van der Waals surface area (Å²) in [4.78, 5) is 4.81. The van der Waals surface area contributed by atoms with Crippen molar-refractivity contribution in [1.29, 1.82) is 0 Å². The highest BCUT2D eigenvalue weighted by molar-refractivity contribution is 5.47. The summed E-state index contributed by atoms with van der Waals surface area (Å²) in [6, 6.07) is 8.94. The van der Waals surface area contributed by atoms with Crippen LogP contribution >= 0.6 is 0 Å². The van der Waals surface area contributed by atoms with Gasteiger partial charge in [0.15, 0.2) is 0 Å². The fourth-order valence-electron chi connectivity index (χ4n) is 2.95. The zero-order valence-corrected chi connectivity index (χ0v) is 13.2. The molecule has 1 saturated heterocycles. The van der Waals surface area contributed by atoms with Gasteiger partial charge in [0.05, 0.1) is 0 Å². The fraction of sp³-hybridized carbons (Fsp3) is 0.647. The lowest BCUT2D eigenvalue weighted by Gasteiger charge is -2.32. The number of benzene rings is 1. The summed E-state index contributed by atoms with van der Waals surface area (Å²) in [7, 11) is 4.42. The van der Waals surface area contributed by atoms with Crippen LogP contribution in [0, 0.1) is 5.92 Å². The first kappa shape index (κ1) is 15.3. The molecule has 0 aliphatic carbocycles. The third-order valence-electron chi connectivity index (χ3n) is 4.57. The Labute approximate surface area is 123 Å². The second kappa shape index (κ2) is 7.09. The van der Waals surface area contributed by atoms with E-state index in [1.54, 1.807) is 0 Å². The Morgan fingerprint density at radius 2 is 1.85 bits per heavy atom. The lowest BCUT2D eigenvalue weighted by atomic mass is 9.96. The Morgan fingerprint density at radius 3 is 2.40 bits per heavy atom.